The van der Waals surface area contributed by atoms with Gasteiger partial charge in [0.2, 0.25) is 5.91 Å². The van der Waals surface area contributed by atoms with Crippen LogP contribution in [0, 0.1) is 32.6 Å². The average molecular weight is 538 g/mol. The van der Waals surface area contributed by atoms with E-state index < -0.39 is 35.6 Å². The zero-order valence-electron chi connectivity index (χ0n) is 24.6. The van der Waals surface area contributed by atoms with Gasteiger partial charge in [-0.3, -0.25) is 9.59 Å². The third-order valence-corrected chi connectivity index (χ3v) is 7.10. The van der Waals surface area contributed by atoms with Gasteiger partial charge in [-0.25, -0.2) is 4.79 Å². The van der Waals surface area contributed by atoms with Gasteiger partial charge in [0.05, 0.1) is 0 Å². The number of para-hydroxylation sites is 2. The van der Waals surface area contributed by atoms with Crippen LogP contribution >= 0.6 is 0 Å². The largest absolute Gasteiger partial charge is 0.507 e. The molecule has 3 amide bonds. The van der Waals surface area contributed by atoms with Crippen LogP contribution in [-0.4, -0.2) is 45.6 Å². The molecule has 0 spiro atoms. The molecule has 1 saturated carbocycles. The molecule has 3 rings (SSSR count). The van der Waals surface area contributed by atoms with E-state index in [-0.39, 0.29) is 23.6 Å². The summed E-state index contributed by atoms with van der Waals surface area (Å²) < 4.78 is 5.44. The molecule has 4 unspecified atom stereocenters. The van der Waals surface area contributed by atoms with Crippen LogP contribution in [0.15, 0.2) is 36.4 Å². The third kappa shape index (κ3) is 7.11. The first-order valence-corrected chi connectivity index (χ1v) is 13.6. The van der Waals surface area contributed by atoms with Crippen LogP contribution in [0.25, 0.3) is 0 Å². The van der Waals surface area contributed by atoms with Crippen LogP contribution < -0.4 is 10.6 Å². The van der Waals surface area contributed by atoms with Gasteiger partial charge in [-0.1, -0.05) is 57.2 Å². The molecular weight excluding hydrogens is 494 g/mol. The van der Waals surface area contributed by atoms with E-state index in [4.69, 9.17) is 4.74 Å². The summed E-state index contributed by atoms with van der Waals surface area (Å²) in [7, 11) is 0. The fourth-order valence-electron chi connectivity index (χ4n) is 4.80. The Bertz CT molecular complexity index is 1210. The Morgan fingerprint density at radius 3 is 2.05 bits per heavy atom. The van der Waals surface area contributed by atoms with Crippen LogP contribution in [0.1, 0.15) is 76.3 Å². The maximum absolute atomic E-state index is 14.3. The van der Waals surface area contributed by atoms with Gasteiger partial charge in [-0.2, -0.15) is 0 Å². The average Bonchev–Trinajstić information content (AvgIpc) is 3.54. The summed E-state index contributed by atoms with van der Waals surface area (Å²) in [5.74, 6) is -0.986. The smallest absolute Gasteiger partial charge is 0.408 e. The lowest BCUT2D eigenvalue weighted by atomic mass is 9.96. The number of nitrogens with one attached hydrogen (secondary N) is 2. The number of nitrogens with zero attached hydrogens (tertiary/aromatic N) is 1. The second-order valence-corrected chi connectivity index (χ2v) is 12.1. The van der Waals surface area contributed by atoms with E-state index in [2.05, 4.69) is 10.6 Å². The second kappa shape index (κ2) is 11.7. The Morgan fingerprint density at radius 2 is 1.54 bits per heavy atom. The van der Waals surface area contributed by atoms with Crippen LogP contribution in [-0.2, 0) is 14.3 Å². The maximum atomic E-state index is 14.3. The number of benzene rings is 2. The fourth-order valence-corrected chi connectivity index (χ4v) is 4.80. The van der Waals surface area contributed by atoms with Crippen LogP contribution in [0.2, 0.25) is 0 Å². The molecule has 0 bridgehead atoms. The van der Waals surface area contributed by atoms with Crippen molar-refractivity contribution in [1.29, 1.82) is 0 Å². The molecule has 0 aliphatic heterocycles. The van der Waals surface area contributed by atoms with Gasteiger partial charge in [-0.15, -0.1) is 0 Å². The first kappa shape index (κ1) is 30.0. The highest BCUT2D eigenvalue weighted by Gasteiger charge is 2.49. The van der Waals surface area contributed by atoms with E-state index in [1.54, 1.807) is 50.8 Å². The van der Waals surface area contributed by atoms with E-state index in [0.29, 0.717) is 23.2 Å². The van der Waals surface area contributed by atoms with E-state index >= 15 is 0 Å². The van der Waals surface area contributed by atoms with E-state index in [0.717, 1.165) is 11.1 Å². The molecule has 3 N–H and O–H groups in total. The number of amides is 3. The van der Waals surface area contributed by atoms with Crippen LogP contribution in [0.3, 0.4) is 0 Å². The van der Waals surface area contributed by atoms with Gasteiger partial charge in [-0.05, 0) is 76.5 Å². The number of alkyl carbamates (subject to hydrolysis) is 1. The zero-order valence-corrected chi connectivity index (χ0v) is 24.6. The second-order valence-electron chi connectivity index (χ2n) is 12.1. The summed E-state index contributed by atoms with van der Waals surface area (Å²) in [6.07, 6.45) is 0.0104. The Labute approximate surface area is 232 Å². The number of phenols is 1. The summed E-state index contributed by atoms with van der Waals surface area (Å²) in [4.78, 5) is 42.7. The van der Waals surface area contributed by atoms with Crippen molar-refractivity contribution in [2.45, 2.75) is 92.5 Å². The summed E-state index contributed by atoms with van der Waals surface area (Å²) in [6, 6.07) is 8.65. The number of phenolic OH excluding ortho intramolecular Hbond substituents is 1. The van der Waals surface area contributed by atoms with Gasteiger partial charge < -0.3 is 25.4 Å². The van der Waals surface area contributed by atoms with Crippen molar-refractivity contribution in [3.63, 3.8) is 0 Å². The van der Waals surface area contributed by atoms with E-state index in [9.17, 15) is 19.5 Å². The first-order valence-electron chi connectivity index (χ1n) is 13.6. The van der Waals surface area contributed by atoms with Crippen molar-refractivity contribution >= 4 is 23.6 Å². The molecule has 8 nitrogen and oxygen atoms in total. The van der Waals surface area contributed by atoms with Gasteiger partial charge in [0.1, 0.15) is 23.4 Å². The molecule has 4 atom stereocenters. The number of rotatable bonds is 8. The molecule has 1 aliphatic rings. The molecule has 212 valence electrons. The molecule has 0 saturated heterocycles. The minimum Gasteiger partial charge on any atom is -0.507 e. The highest BCUT2D eigenvalue weighted by Crippen LogP contribution is 2.43. The van der Waals surface area contributed by atoms with Gasteiger partial charge in [0.25, 0.3) is 5.91 Å². The number of hydrogen-bond donors (Lipinski definition) is 3. The number of anilines is 1. The molecular formula is C31H43N3O5. The van der Waals surface area contributed by atoms with Crippen molar-refractivity contribution in [2.24, 2.45) is 11.8 Å². The number of aromatic hydroxyl groups is 1. The fraction of sp³-hybridized carbons (Fsp3) is 0.516. The number of carbonyl (C=O) groups excluding carboxylic acids is 3. The topological polar surface area (TPSA) is 108 Å². The van der Waals surface area contributed by atoms with E-state index in [1.807, 2.05) is 52.8 Å². The predicted molar refractivity (Wildman–Crippen MR) is 153 cm³/mol. The number of ether oxygens (including phenoxy) is 1. The SMILES string of the molecule is Cc1cccc(C(C(=O)Nc2c(C)cccc2C)N(C(=O)C(NC(=O)OC(C)(C)C)C(C)C)C2CC2C)c1O. The lowest BCUT2D eigenvalue weighted by molar-refractivity contribution is -0.142. The Balaban J connectivity index is 2.10. The van der Waals surface area contributed by atoms with E-state index in [1.165, 1.54) is 0 Å². The monoisotopic (exact) mass is 537 g/mol. The van der Waals surface area contributed by atoms with Crippen LogP contribution in [0.5, 0.6) is 5.75 Å². The molecule has 8 heteroatoms. The normalized spacial score (nSPS) is 18.2. The Morgan fingerprint density at radius 1 is 1.00 bits per heavy atom. The molecule has 39 heavy (non-hydrogen) atoms. The zero-order chi connectivity index (χ0) is 29.2. The van der Waals surface area contributed by atoms with Crippen molar-refractivity contribution in [1.82, 2.24) is 10.2 Å². The standard InChI is InChI=1S/C31H43N3O5/c1-17(2)24(33-30(38)39-31(7,8)9)29(37)34(23-16-21(23)6)26(22-15-11-14-20(5)27(22)35)28(36)32-25-18(3)12-10-13-19(25)4/h10-15,17,21,23-24,26,35H,16H2,1-9H3,(H,32,36)(H,33,38). The third-order valence-electron chi connectivity index (χ3n) is 7.10. The number of aryl methyl sites for hydroxylation is 3. The maximum Gasteiger partial charge on any atom is 0.408 e. The molecule has 0 radical (unpaired) electrons. The molecule has 0 aromatic heterocycles. The number of hydrogen-bond acceptors (Lipinski definition) is 5. The summed E-state index contributed by atoms with van der Waals surface area (Å²) in [5, 5.41) is 16.9. The lowest BCUT2D eigenvalue weighted by Crippen LogP contribution is -2.55. The molecule has 2 aromatic carbocycles. The minimum atomic E-state index is -1.12. The summed E-state index contributed by atoms with van der Waals surface area (Å²) in [5.41, 5.74) is 2.65. The highest BCUT2D eigenvalue weighted by atomic mass is 16.6. The van der Waals surface area contributed by atoms with Crippen molar-refractivity contribution in [2.75, 3.05) is 5.32 Å². The van der Waals surface area contributed by atoms with Gasteiger partial charge in [0.15, 0.2) is 0 Å². The Hall–Kier alpha value is -3.55. The van der Waals surface area contributed by atoms with Crippen molar-refractivity contribution < 1.29 is 24.2 Å². The van der Waals surface area contributed by atoms with Gasteiger partial charge >= 0.3 is 6.09 Å². The predicted octanol–water partition coefficient (Wildman–Crippen LogP) is 5.78. The van der Waals surface area contributed by atoms with Crippen molar-refractivity contribution in [3.05, 3.63) is 58.7 Å². The van der Waals surface area contributed by atoms with Crippen LogP contribution in [0.4, 0.5) is 10.5 Å². The summed E-state index contributed by atoms with van der Waals surface area (Å²) in [6.45, 7) is 16.5. The van der Waals surface area contributed by atoms with Gasteiger partial charge in [0, 0.05) is 17.3 Å². The molecule has 1 aliphatic carbocycles. The lowest BCUT2D eigenvalue weighted by Gasteiger charge is -2.36. The highest BCUT2D eigenvalue weighted by molar-refractivity contribution is 6.00. The Kier molecular flexibility index (Phi) is 8.98. The number of carbonyl (C=O) groups is 3. The molecule has 0 heterocycles. The minimum absolute atomic E-state index is 0.0357. The van der Waals surface area contributed by atoms with Crippen molar-refractivity contribution in [3.8, 4) is 5.75 Å². The summed E-state index contributed by atoms with van der Waals surface area (Å²) >= 11 is 0. The molecule has 2 aromatic rings. The quantitative estimate of drug-likeness (QED) is 0.395. The first-order chi connectivity index (χ1) is 18.1. The molecule has 1 fully saturated rings.